The molecule has 52 heavy (non-hydrogen) atoms. The van der Waals surface area contributed by atoms with Crippen LogP contribution in [0.2, 0.25) is 0 Å². The fourth-order valence-electron chi connectivity index (χ4n) is 13.0. The molecule has 9 aliphatic rings. The fraction of sp³-hybridized carbons (Fsp3) is 0.914. The maximum atomic E-state index is 12.9. The van der Waals surface area contributed by atoms with Crippen LogP contribution in [0.5, 0.6) is 0 Å². The summed E-state index contributed by atoms with van der Waals surface area (Å²) >= 11 is 0. The molecular formula is C35H53Ag3N8O6. The Morgan fingerprint density at radius 2 is 0.635 bits per heavy atom. The van der Waals surface area contributed by atoms with E-state index < -0.39 is 59.8 Å². The number of nitrogens with one attached hydrogen (secondary N) is 8. The molecule has 0 spiro atoms. The first-order chi connectivity index (χ1) is 23.8. The number of carboxylic acid groups (broad SMARTS) is 3. The summed E-state index contributed by atoms with van der Waals surface area (Å²) in [6, 6.07) is 0. The summed E-state index contributed by atoms with van der Waals surface area (Å²) in [5.41, 5.74) is 0. The van der Waals surface area contributed by atoms with Crippen LogP contribution in [0, 0.1) is 65.1 Å². The van der Waals surface area contributed by atoms with E-state index in [4.69, 9.17) is 0 Å². The maximum absolute atomic E-state index is 12.9. The molecule has 14 nitrogen and oxygen atoms in total. The van der Waals surface area contributed by atoms with Crippen molar-refractivity contribution in [2.75, 3.05) is 0 Å². The Kier molecular flexibility index (Phi) is 13.7. The summed E-state index contributed by atoms with van der Waals surface area (Å²) in [6.45, 7) is 0. The van der Waals surface area contributed by atoms with Crippen LogP contribution in [0.3, 0.4) is 0 Å². The quantitative estimate of drug-likeness (QED) is 0.129. The van der Waals surface area contributed by atoms with Crippen LogP contribution in [0.15, 0.2) is 0 Å². The molecule has 0 amide bonds. The molecule has 0 aromatic rings. The Labute approximate surface area is 352 Å². The number of fused-ring (bicyclic) bond motifs is 20. The largest absolute Gasteiger partial charge is 1.00 e. The van der Waals surface area contributed by atoms with Gasteiger partial charge < -0.3 is 29.7 Å². The zero-order chi connectivity index (χ0) is 33.6. The normalized spacial score (nSPS) is 50.4. The Morgan fingerprint density at radius 3 is 0.904 bits per heavy atom. The number of carbonyl (C=O) groups excluding carboxylic acids is 3. The molecule has 17 heteroatoms. The minimum Gasteiger partial charge on any atom is -0.550 e. The zero-order valence-corrected chi connectivity index (χ0v) is 33.5. The molecule has 19 unspecified atom stereocenters. The second-order valence-corrected chi connectivity index (χ2v) is 17.1. The molecule has 5 heterocycles. The van der Waals surface area contributed by atoms with Gasteiger partial charge in [-0.2, -0.15) is 0 Å². The van der Waals surface area contributed by atoms with Crippen molar-refractivity contribution in [3.05, 3.63) is 0 Å². The second kappa shape index (κ2) is 17.0. The van der Waals surface area contributed by atoms with Gasteiger partial charge in [0.25, 0.3) is 0 Å². The van der Waals surface area contributed by atoms with E-state index in [0.717, 1.165) is 38.5 Å². The smallest absolute Gasteiger partial charge is 0.550 e. The van der Waals surface area contributed by atoms with Crippen LogP contribution in [0.25, 0.3) is 0 Å². The summed E-state index contributed by atoms with van der Waals surface area (Å²) in [7, 11) is 0. The number of hydrogen-bond acceptors (Lipinski definition) is 14. The monoisotopic (exact) mass is 1000 g/mol. The molecule has 9 fully saturated rings. The van der Waals surface area contributed by atoms with Gasteiger partial charge in [0.2, 0.25) is 0 Å². The molecule has 8 bridgehead atoms. The first-order valence-corrected chi connectivity index (χ1v) is 19.5. The van der Waals surface area contributed by atoms with Gasteiger partial charge in [-0.25, -0.2) is 0 Å². The van der Waals surface area contributed by atoms with E-state index in [2.05, 4.69) is 42.5 Å². The third-order valence-corrected chi connectivity index (χ3v) is 15.0. The van der Waals surface area contributed by atoms with Gasteiger partial charge in [-0.1, -0.05) is 38.5 Å². The van der Waals surface area contributed by atoms with Crippen molar-refractivity contribution in [3.8, 4) is 0 Å². The Bertz CT molecular complexity index is 1320. The van der Waals surface area contributed by atoms with Crippen LogP contribution in [0.4, 0.5) is 0 Å². The summed E-state index contributed by atoms with van der Waals surface area (Å²) in [4.78, 5) is 37.8. The van der Waals surface area contributed by atoms with E-state index in [0.29, 0.717) is 35.5 Å². The number of hydrogen-bond donors (Lipinski definition) is 8. The Hall–Kier alpha value is 0.311. The Morgan fingerprint density at radius 1 is 0.365 bits per heavy atom. The maximum Gasteiger partial charge on any atom is 1.00 e. The van der Waals surface area contributed by atoms with Crippen LogP contribution in [0.1, 0.15) is 83.5 Å². The van der Waals surface area contributed by atoms with Crippen molar-refractivity contribution in [1.29, 1.82) is 0 Å². The third kappa shape index (κ3) is 7.32. The van der Waals surface area contributed by atoms with Gasteiger partial charge in [-0.15, -0.1) is 0 Å². The van der Waals surface area contributed by atoms with Gasteiger partial charge in [-0.05, 0) is 86.4 Å². The van der Waals surface area contributed by atoms with Crippen molar-refractivity contribution >= 4 is 17.9 Å². The molecule has 5 aliphatic heterocycles. The van der Waals surface area contributed by atoms with Gasteiger partial charge in [0, 0.05) is 41.6 Å². The van der Waals surface area contributed by atoms with Gasteiger partial charge >= 0.3 is 67.1 Å². The summed E-state index contributed by atoms with van der Waals surface area (Å²) < 4.78 is 0. The molecule has 0 aromatic heterocycles. The molecule has 0 radical (unpaired) electrons. The van der Waals surface area contributed by atoms with Crippen LogP contribution < -0.4 is 57.9 Å². The predicted octanol–water partition coefficient (Wildman–Crippen LogP) is -3.47. The summed E-state index contributed by atoms with van der Waals surface area (Å²) in [5.74, 6) is -8.22. The van der Waals surface area contributed by atoms with Crippen LogP contribution >= 0.6 is 0 Å². The molecular weight excluding hydrogens is 952 g/mol. The van der Waals surface area contributed by atoms with Crippen LogP contribution in [-0.4, -0.2) is 67.2 Å². The molecule has 9 rings (SSSR count). The molecule has 8 N–H and O–H groups in total. The van der Waals surface area contributed by atoms with Crippen molar-refractivity contribution in [2.45, 2.75) is 133 Å². The van der Waals surface area contributed by atoms with E-state index in [1.807, 2.05) is 0 Å². The van der Waals surface area contributed by atoms with E-state index >= 15 is 0 Å². The number of carboxylic acids is 3. The van der Waals surface area contributed by atoms with Crippen molar-refractivity contribution in [2.24, 2.45) is 65.1 Å². The molecule has 302 valence electrons. The molecule has 19 atom stereocenters. The van der Waals surface area contributed by atoms with Gasteiger partial charge in [-0.3, -0.25) is 42.5 Å². The first-order valence-electron chi connectivity index (χ1n) is 19.5. The van der Waals surface area contributed by atoms with Crippen molar-refractivity contribution in [3.63, 3.8) is 0 Å². The Balaban J connectivity index is 0.00000155. The number of carbonyl (C=O) groups is 3. The van der Waals surface area contributed by atoms with E-state index in [-0.39, 0.29) is 111 Å². The van der Waals surface area contributed by atoms with Gasteiger partial charge in [0.15, 0.2) is 0 Å². The average molecular weight is 1010 g/mol. The van der Waals surface area contributed by atoms with E-state index in [1.54, 1.807) is 0 Å². The second-order valence-electron chi connectivity index (χ2n) is 17.1. The minimum atomic E-state index is -1.74. The van der Waals surface area contributed by atoms with Crippen molar-refractivity contribution < 1.29 is 96.8 Å². The molecule has 0 aromatic carbocycles. The van der Waals surface area contributed by atoms with E-state index in [1.165, 1.54) is 38.5 Å². The number of aliphatic carboxylic acids is 3. The molecule has 4 saturated carbocycles. The zero-order valence-electron chi connectivity index (χ0n) is 29.0. The van der Waals surface area contributed by atoms with Crippen LogP contribution in [-0.2, 0) is 81.5 Å². The van der Waals surface area contributed by atoms with E-state index in [9.17, 15) is 29.7 Å². The number of rotatable bonds is 3. The molecule has 5 saturated heterocycles. The summed E-state index contributed by atoms with van der Waals surface area (Å²) in [5, 5.41) is 69.1. The topological polar surface area (TPSA) is 217 Å². The minimum absolute atomic E-state index is 0. The molecule has 4 aliphatic carbocycles. The van der Waals surface area contributed by atoms with Crippen molar-refractivity contribution in [1.82, 2.24) is 42.5 Å². The van der Waals surface area contributed by atoms with Gasteiger partial charge in [0.05, 0.1) is 49.3 Å². The summed E-state index contributed by atoms with van der Waals surface area (Å²) in [6.07, 6.45) is 13.1. The predicted molar refractivity (Wildman–Crippen MR) is 169 cm³/mol. The first kappa shape index (κ1) is 41.9. The average Bonchev–Trinajstić information content (AvgIpc) is 3.83. The SMILES string of the molecule is O=C([O-])C1CC2C3NC4NC(NC5NC(NC6NC(NC(N3)C2C(C(=O)[O-])C1C(=O)[O-])C1CCCCC61)C1CCCCC51)C1CCCCC41.[Ag+].[Ag+].[Ag+]. The van der Waals surface area contributed by atoms with Gasteiger partial charge in [0.1, 0.15) is 0 Å². The fourth-order valence-corrected chi connectivity index (χ4v) is 13.0. The third-order valence-electron chi connectivity index (χ3n) is 15.0. The standard InChI is InChI=1S/C35H56N8O6.3Ag/c44-33(45)21-13-20-22(24(35(48)49)23(21)34(46)47)32-42-30-19-12-6-5-11-18(19)28(40-30)38-26-15-8-2-1-7-14(15)25(36-26)37-27-16-9-3-4-10-17(16)29(39-27)41-31(20)43-32;;;/h14-32,36-43H,1-13H2,(H,44,45)(H,46,47)(H,48,49);;;/q;3*+1/p-3.